The number of esters is 1. The van der Waals surface area contributed by atoms with Crippen LogP contribution in [0.3, 0.4) is 0 Å². The fraction of sp³-hybridized carbons (Fsp3) is 0.364. The molecular weight excluding hydrogens is 344 g/mol. The minimum absolute atomic E-state index is 0.0428. The summed E-state index contributed by atoms with van der Waals surface area (Å²) >= 11 is 0. The molecule has 5 heteroatoms. The lowest BCUT2D eigenvalue weighted by atomic mass is 9.78. The average Bonchev–Trinajstić information content (AvgIpc) is 2.68. The van der Waals surface area contributed by atoms with Crippen LogP contribution < -0.4 is 4.74 Å². The Balaban J connectivity index is 2.23. The van der Waals surface area contributed by atoms with Gasteiger partial charge in [0.25, 0.3) is 0 Å². The number of hydrogen-bond donors (Lipinski definition) is 1. The maximum atomic E-state index is 12.8. The van der Waals surface area contributed by atoms with Gasteiger partial charge in [0.15, 0.2) is 0 Å². The zero-order chi connectivity index (χ0) is 19.2. The first kappa shape index (κ1) is 19.0. The van der Waals surface area contributed by atoms with Gasteiger partial charge in [-0.15, -0.1) is 0 Å². The third-order valence-corrected chi connectivity index (χ3v) is 4.98. The summed E-state index contributed by atoms with van der Waals surface area (Å²) in [6.07, 6.45) is 3.83. The van der Waals surface area contributed by atoms with Gasteiger partial charge in [0.05, 0.1) is 6.61 Å². The predicted octanol–water partition coefficient (Wildman–Crippen LogP) is 5.63. The van der Waals surface area contributed by atoms with Crippen LogP contribution >= 0.6 is 0 Å². The van der Waals surface area contributed by atoms with Gasteiger partial charge in [-0.1, -0.05) is 55.7 Å². The quantitative estimate of drug-likeness (QED) is 0.546. The molecule has 0 bridgehead atoms. The second-order valence-electron chi connectivity index (χ2n) is 6.69. The Hall–Kier alpha value is -2.82. The van der Waals surface area contributed by atoms with Gasteiger partial charge in [0.1, 0.15) is 11.3 Å². The summed E-state index contributed by atoms with van der Waals surface area (Å²) in [5, 5.41) is 9.12. The van der Waals surface area contributed by atoms with Crippen LogP contribution in [0.15, 0.2) is 42.5 Å². The number of ether oxygens (including phenoxy) is 2. The molecule has 0 saturated heterocycles. The lowest BCUT2D eigenvalue weighted by Crippen LogP contribution is -2.17. The zero-order valence-corrected chi connectivity index (χ0v) is 15.4. The van der Waals surface area contributed by atoms with Gasteiger partial charge in [-0.2, -0.15) is 0 Å². The molecule has 5 nitrogen and oxygen atoms in total. The van der Waals surface area contributed by atoms with E-state index in [1.165, 1.54) is 6.42 Å². The van der Waals surface area contributed by atoms with Crippen molar-refractivity contribution in [3.63, 3.8) is 0 Å². The molecular formula is C22H24O5. The first-order valence-electron chi connectivity index (χ1n) is 9.42. The van der Waals surface area contributed by atoms with E-state index < -0.39 is 12.1 Å². The minimum Gasteiger partial charge on any atom is -0.462 e. The number of benzene rings is 2. The van der Waals surface area contributed by atoms with Crippen molar-refractivity contribution < 1.29 is 24.2 Å². The largest absolute Gasteiger partial charge is 0.511 e. The number of carbonyl (C=O) groups excluding carboxylic acids is 1. The molecule has 3 rings (SSSR count). The molecule has 0 aromatic heterocycles. The van der Waals surface area contributed by atoms with Crippen molar-refractivity contribution in [2.75, 3.05) is 6.61 Å². The predicted molar refractivity (Wildman–Crippen MR) is 102 cm³/mol. The van der Waals surface area contributed by atoms with Gasteiger partial charge in [0, 0.05) is 0 Å². The van der Waals surface area contributed by atoms with E-state index in [1.807, 2.05) is 36.4 Å². The lowest BCUT2D eigenvalue weighted by molar-refractivity contribution is 0.0520. The van der Waals surface area contributed by atoms with Crippen LogP contribution in [0.25, 0.3) is 11.1 Å². The first-order chi connectivity index (χ1) is 13.1. The molecule has 2 aromatic carbocycles. The monoisotopic (exact) mass is 368 g/mol. The number of hydrogen-bond acceptors (Lipinski definition) is 4. The summed E-state index contributed by atoms with van der Waals surface area (Å²) in [7, 11) is 0. The molecule has 1 aliphatic rings. The van der Waals surface area contributed by atoms with Gasteiger partial charge in [-0.05, 0) is 48.4 Å². The maximum absolute atomic E-state index is 12.8. The fourth-order valence-electron chi connectivity index (χ4n) is 3.88. The highest BCUT2D eigenvalue weighted by atomic mass is 16.7. The number of carboxylic acid groups (broad SMARTS) is 1. The second-order valence-corrected chi connectivity index (χ2v) is 6.69. The van der Waals surface area contributed by atoms with Crippen molar-refractivity contribution in [2.24, 2.45) is 0 Å². The Morgan fingerprint density at radius 2 is 1.74 bits per heavy atom. The summed E-state index contributed by atoms with van der Waals surface area (Å²) in [5.41, 5.74) is 3.01. The molecule has 1 aliphatic carbocycles. The van der Waals surface area contributed by atoms with E-state index in [1.54, 1.807) is 13.0 Å². The molecule has 0 radical (unpaired) electrons. The van der Waals surface area contributed by atoms with E-state index in [4.69, 9.17) is 14.6 Å². The van der Waals surface area contributed by atoms with E-state index in [9.17, 15) is 9.59 Å². The molecule has 2 aromatic rings. The molecule has 142 valence electrons. The van der Waals surface area contributed by atoms with Gasteiger partial charge < -0.3 is 14.6 Å². The van der Waals surface area contributed by atoms with Crippen molar-refractivity contribution in [3.8, 4) is 16.9 Å². The second kappa shape index (κ2) is 8.71. The van der Waals surface area contributed by atoms with Crippen LogP contribution in [-0.4, -0.2) is 23.8 Å². The van der Waals surface area contributed by atoms with Crippen LogP contribution in [0, 0.1) is 0 Å². The third kappa shape index (κ3) is 4.30. The molecule has 0 unspecified atom stereocenters. The molecule has 0 aliphatic heterocycles. The first-order valence-corrected chi connectivity index (χ1v) is 9.42. The maximum Gasteiger partial charge on any atom is 0.511 e. The van der Waals surface area contributed by atoms with Crippen molar-refractivity contribution >= 4 is 12.1 Å². The van der Waals surface area contributed by atoms with Gasteiger partial charge >= 0.3 is 12.1 Å². The summed E-state index contributed by atoms with van der Waals surface area (Å²) in [4.78, 5) is 24.0. The highest BCUT2D eigenvalue weighted by Gasteiger charge is 2.29. The van der Waals surface area contributed by atoms with Gasteiger partial charge in [-0.25, -0.2) is 9.59 Å². The molecule has 1 N–H and O–H groups in total. The highest BCUT2D eigenvalue weighted by Crippen LogP contribution is 2.43. The standard InChI is InChI=1S/C22H24O5/c1-2-26-21(23)20-18(27-22(24)25)14-13-17(15-9-5-3-6-10-15)19(20)16-11-7-4-8-12-16/h3,5-6,9-10,13-14,16H,2,4,7-8,11-12H2,1H3,(H,24,25). The summed E-state index contributed by atoms with van der Waals surface area (Å²) in [6, 6.07) is 13.2. The SMILES string of the molecule is CCOC(=O)c1c(OC(=O)O)ccc(-c2ccccc2)c1C1CCCCC1. The lowest BCUT2D eigenvalue weighted by Gasteiger charge is -2.27. The van der Waals surface area contributed by atoms with E-state index in [0.29, 0.717) is 0 Å². The molecule has 1 fully saturated rings. The van der Waals surface area contributed by atoms with Crippen molar-refractivity contribution in [1.82, 2.24) is 0 Å². The van der Waals surface area contributed by atoms with Gasteiger partial charge in [0.2, 0.25) is 0 Å². The van der Waals surface area contributed by atoms with Crippen molar-refractivity contribution in [2.45, 2.75) is 44.9 Å². The number of carbonyl (C=O) groups is 2. The average molecular weight is 368 g/mol. The third-order valence-electron chi connectivity index (χ3n) is 4.98. The minimum atomic E-state index is -1.44. The summed E-state index contributed by atoms with van der Waals surface area (Å²) < 4.78 is 10.2. The van der Waals surface area contributed by atoms with Crippen LogP contribution in [0.4, 0.5) is 4.79 Å². The van der Waals surface area contributed by atoms with Crippen LogP contribution in [0.5, 0.6) is 5.75 Å². The summed E-state index contributed by atoms with van der Waals surface area (Å²) in [5.74, 6) is -0.320. The molecule has 1 saturated carbocycles. The molecule has 27 heavy (non-hydrogen) atoms. The van der Waals surface area contributed by atoms with E-state index in [-0.39, 0.29) is 23.8 Å². The Labute approximate surface area is 158 Å². The van der Waals surface area contributed by atoms with Crippen LogP contribution in [-0.2, 0) is 4.74 Å². The Kier molecular flexibility index (Phi) is 6.12. The van der Waals surface area contributed by atoms with Crippen molar-refractivity contribution in [1.29, 1.82) is 0 Å². The Morgan fingerprint density at radius 1 is 1.04 bits per heavy atom. The normalized spacial score (nSPS) is 14.6. The molecule has 0 spiro atoms. The smallest absolute Gasteiger partial charge is 0.462 e. The topological polar surface area (TPSA) is 72.8 Å². The van der Waals surface area contributed by atoms with Gasteiger partial charge in [-0.3, -0.25) is 0 Å². The number of rotatable bonds is 5. The van der Waals surface area contributed by atoms with Crippen LogP contribution in [0.1, 0.15) is 60.9 Å². The molecule has 0 heterocycles. The van der Waals surface area contributed by atoms with Crippen molar-refractivity contribution in [3.05, 3.63) is 53.6 Å². The Bertz CT molecular complexity index is 807. The molecule has 0 amide bonds. The molecule has 0 atom stereocenters. The summed E-state index contributed by atoms with van der Waals surface area (Å²) in [6.45, 7) is 1.95. The van der Waals surface area contributed by atoms with Crippen LogP contribution in [0.2, 0.25) is 0 Å². The highest BCUT2D eigenvalue weighted by molar-refractivity contribution is 5.97. The van der Waals surface area contributed by atoms with E-state index >= 15 is 0 Å². The fourth-order valence-corrected chi connectivity index (χ4v) is 3.88. The Morgan fingerprint density at radius 3 is 2.37 bits per heavy atom. The van der Waals surface area contributed by atoms with E-state index in [2.05, 4.69) is 0 Å². The van der Waals surface area contributed by atoms with E-state index in [0.717, 1.165) is 42.4 Å². The zero-order valence-electron chi connectivity index (χ0n) is 15.4.